The summed E-state index contributed by atoms with van der Waals surface area (Å²) in [6.45, 7) is 4.34. The van der Waals surface area contributed by atoms with Gasteiger partial charge in [-0.3, -0.25) is 0 Å². The predicted molar refractivity (Wildman–Crippen MR) is 75.3 cm³/mol. The SMILES string of the molecule is CCCC1CCCN(c2cc(N)nc(N)n2)CC1. The van der Waals surface area contributed by atoms with E-state index in [1.54, 1.807) is 0 Å². The number of hydrogen-bond acceptors (Lipinski definition) is 5. The van der Waals surface area contributed by atoms with Crippen LogP contribution < -0.4 is 16.4 Å². The van der Waals surface area contributed by atoms with Crippen molar-refractivity contribution in [3.8, 4) is 0 Å². The van der Waals surface area contributed by atoms with Crippen molar-refractivity contribution in [1.82, 2.24) is 9.97 Å². The van der Waals surface area contributed by atoms with Crippen molar-refractivity contribution >= 4 is 17.6 Å². The minimum absolute atomic E-state index is 0.263. The molecule has 18 heavy (non-hydrogen) atoms. The summed E-state index contributed by atoms with van der Waals surface area (Å²) in [7, 11) is 0. The molecular formula is C13H23N5. The zero-order chi connectivity index (χ0) is 13.0. The van der Waals surface area contributed by atoms with E-state index in [9.17, 15) is 0 Å². The van der Waals surface area contributed by atoms with Gasteiger partial charge in [-0.15, -0.1) is 0 Å². The van der Waals surface area contributed by atoms with E-state index in [1.165, 1.54) is 32.1 Å². The molecule has 1 atom stereocenters. The van der Waals surface area contributed by atoms with Crippen LogP contribution in [0, 0.1) is 5.92 Å². The Bertz CT molecular complexity index is 373. The number of hydrogen-bond donors (Lipinski definition) is 2. The number of nitrogen functional groups attached to an aromatic ring is 2. The number of aromatic nitrogens is 2. The molecule has 1 saturated heterocycles. The molecule has 2 rings (SSSR count). The lowest BCUT2D eigenvalue weighted by atomic mass is 9.96. The van der Waals surface area contributed by atoms with E-state index in [0.29, 0.717) is 5.82 Å². The fraction of sp³-hybridized carbons (Fsp3) is 0.692. The van der Waals surface area contributed by atoms with E-state index in [1.807, 2.05) is 6.07 Å². The van der Waals surface area contributed by atoms with Crippen LogP contribution in [-0.2, 0) is 0 Å². The lowest BCUT2D eigenvalue weighted by molar-refractivity contribution is 0.435. The average molecular weight is 249 g/mol. The first-order valence-electron chi connectivity index (χ1n) is 6.84. The molecule has 1 fully saturated rings. The molecule has 5 heteroatoms. The normalized spacial score (nSPS) is 20.7. The molecule has 0 radical (unpaired) electrons. The van der Waals surface area contributed by atoms with Crippen molar-refractivity contribution in [3.63, 3.8) is 0 Å². The molecule has 1 aromatic heterocycles. The lowest BCUT2D eigenvalue weighted by Gasteiger charge is -2.22. The monoisotopic (exact) mass is 249 g/mol. The summed E-state index contributed by atoms with van der Waals surface area (Å²) in [5.74, 6) is 2.44. The summed E-state index contributed by atoms with van der Waals surface area (Å²) in [6.07, 6.45) is 6.38. The molecule has 4 N–H and O–H groups in total. The Morgan fingerprint density at radius 3 is 2.83 bits per heavy atom. The van der Waals surface area contributed by atoms with E-state index in [-0.39, 0.29) is 5.95 Å². The Morgan fingerprint density at radius 2 is 2.11 bits per heavy atom. The molecule has 1 aliphatic heterocycles. The summed E-state index contributed by atoms with van der Waals surface area (Å²) in [5.41, 5.74) is 11.4. The molecule has 1 unspecified atom stereocenters. The molecular weight excluding hydrogens is 226 g/mol. The maximum absolute atomic E-state index is 5.72. The second-order valence-electron chi connectivity index (χ2n) is 5.08. The van der Waals surface area contributed by atoms with Gasteiger partial charge < -0.3 is 16.4 Å². The van der Waals surface area contributed by atoms with E-state index in [4.69, 9.17) is 11.5 Å². The Morgan fingerprint density at radius 1 is 1.28 bits per heavy atom. The largest absolute Gasteiger partial charge is 0.383 e. The number of nitrogens with two attached hydrogens (primary N) is 2. The maximum Gasteiger partial charge on any atom is 0.223 e. The van der Waals surface area contributed by atoms with Crippen LogP contribution in [0.15, 0.2) is 6.07 Å². The van der Waals surface area contributed by atoms with Crippen molar-refractivity contribution < 1.29 is 0 Å². The van der Waals surface area contributed by atoms with Gasteiger partial charge >= 0.3 is 0 Å². The van der Waals surface area contributed by atoms with Crippen LogP contribution in [0.1, 0.15) is 39.0 Å². The Hall–Kier alpha value is -1.52. The molecule has 1 aliphatic rings. The van der Waals surface area contributed by atoms with Gasteiger partial charge in [0.15, 0.2) is 0 Å². The zero-order valence-corrected chi connectivity index (χ0v) is 11.1. The van der Waals surface area contributed by atoms with Gasteiger partial charge in [-0.1, -0.05) is 19.8 Å². The van der Waals surface area contributed by atoms with Gasteiger partial charge in [0, 0.05) is 19.2 Å². The standard InChI is InChI=1S/C13H23N5/c1-2-4-10-5-3-7-18(8-6-10)12-9-11(14)16-13(15)17-12/h9-10H,2-8H2,1H3,(H4,14,15,16,17). The molecule has 0 saturated carbocycles. The topological polar surface area (TPSA) is 81.1 Å². The van der Waals surface area contributed by atoms with E-state index in [0.717, 1.165) is 24.8 Å². The highest BCUT2D eigenvalue weighted by Crippen LogP contribution is 2.25. The molecule has 0 aliphatic carbocycles. The second kappa shape index (κ2) is 5.89. The first kappa shape index (κ1) is 12.9. The molecule has 0 spiro atoms. The molecule has 0 bridgehead atoms. The third-order valence-corrected chi connectivity index (χ3v) is 3.62. The quantitative estimate of drug-likeness (QED) is 0.856. The highest BCUT2D eigenvalue weighted by Gasteiger charge is 2.18. The van der Waals surface area contributed by atoms with Crippen molar-refractivity contribution in [2.45, 2.75) is 39.0 Å². The first-order chi connectivity index (χ1) is 8.69. The zero-order valence-electron chi connectivity index (χ0n) is 11.1. The van der Waals surface area contributed by atoms with Gasteiger partial charge in [0.1, 0.15) is 11.6 Å². The van der Waals surface area contributed by atoms with Gasteiger partial charge in [0.2, 0.25) is 5.95 Å². The Labute approximate surface area is 109 Å². The van der Waals surface area contributed by atoms with Gasteiger partial charge in [-0.25, -0.2) is 0 Å². The molecule has 2 heterocycles. The molecule has 0 amide bonds. The van der Waals surface area contributed by atoms with E-state index < -0.39 is 0 Å². The molecule has 100 valence electrons. The van der Waals surface area contributed by atoms with E-state index in [2.05, 4.69) is 21.8 Å². The van der Waals surface area contributed by atoms with Crippen LogP contribution in [0.3, 0.4) is 0 Å². The van der Waals surface area contributed by atoms with Crippen molar-refractivity contribution in [3.05, 3.63) is 6.07 Å². The number of anilines is 3. The summed E-state index contributed by atoms with van der Waals surface area (Å²) in [6, 6.07) is 1.82. The number of nitrogens with zero attached hydrogens (tertiary/aromatic N) is 3. The predicted octanol–water partition coefficient (Wildman–Crippen LogP) is 2.05. The fourth-order valence-electron chi connectivity index (χ4n) is 2.72. The highest BCUT2D eigenvalue weighted by atomic mass is 15.2. The van der Waals surface area contributed by atoms with Crippen molar-refractivity contribution in [2.24, 2.45) is 5.92 Å². The fourth-order valence-corrected chi connectivity index (χ4v) is 2.72. The van der Waals surface area contributed by atoms with E-state index >= 15 is 0 Å². The third kappa shape index (κ3) is 3.24. The summed E-state index contributed by atoms with van der Waals surface area (Å²) >= 11 is 0. The summed E-state index contributed by atoms with van der Waals surface area (Å²) < 4.78 is 0. The van der Waals surface area contributed by atoms with Crippen molar-refractivity contribution in [1.29, 1.82) is 0 Å². The Kier molecular flexibility index (Phi) is 4.23. The molecule has 0 aromatic carbocycles. The molecule has 1 aromatic rings. The second-order valence-corrected chi connectivity index (χ2v) is 5.08. The minimum atomic E-state index is 0.263. The summed E-state index contributed by atoms with van der Waals surface area (Å²) in [5, 5.41) is 0. The Balaban J connectivity index is 2.05. The minimum Gasteiger partial charge on any atom is -0.383 e. The smallest absolute Gasteiger partial charge is 0.223 e. The van der Waals surface area contributed by atoms with Gasteiger partial charge in [0.25, 0.3) is 0 Å². The summed E-state index contributed by atoms with van der Waals surface area (Å²) in [4.78, 5) is 10.5. The van der Waals surface area contributed by atoms with Crippen LogP contribution in [0.25, 0.3) is 0 Å². The third-order valence-electron chi connectivity index (χ3n) is 3.62. The van der Waals surface area contributed by atoms with Crippen LogP contribution in [0.2, 0.25) is 0 Å². The highest BCUT2D eigenvalue weighted by molar-refractivity contribution is 5.50. The number of rotatable bonds is 3. The van der Waals surface area contributed by atoms with Gasteiger partial charge in [-0.05, 0) is 25.2 Å². The van der Waals surface area contributed by atoms with Crippen LogP contribution >= 0.6 is 0 Å². The first-order valence-corrected chi connectivity index (χ1v) is 6.84. The van der Waals surface area contributed by atoms with Crippen LogP contribution in [0.5, 0.6) is 0 Å². The van der Waals surface area contributed by atoms with Crippen LogP contribution in [-0.4, -0.2) is 23.1 Å². The van der Waals surface area contributed by atoms with Crippen LogP contribution in [0.4, 0.5) is 17.6 Å². The average Bonchev–Trinajstić information content (AvgIpc) is 2.54. The van der Waals surface area contributed by atoms with Gasteiger partial charge in [0.05, 0.1) is 0 Å². The lowest BCUT2D eigenvalue weighted by Crippen LogP contribution is -2.25. The maximum atomic E-state index is 5.72. The molecule has 5 nitrogen and oxygen atoms in total. The van der Waals surface area contributed by atoms with Gasteiger partial charge in [-0.2, -0.15) is 9.97 Å². The van der Waals surface area contributed by atoms with Crippen molar-refractivity contribution in [2.75, 3.05) is 29.5 Å².